The van der Waals surface area contributed by atoms with Crippen LogP contribution in [0.3, 0.4) is 0 Å². The fraction of sp³-hybridized carbons (Fsp3) is 0.0769. The number of halogens is 1. The zero-order valence-electron chi connectivity index (χ0n) is 10.6. The minimum absolute atomic E-state index is 0.103. The van der Waals surface area contributed by atoms with Crippen molar-refractivity contribution in [3.8, 4) is 0 Å². The third-order valence-electron chi connectivity index (χ3n) is 2.71. The van der Waals surface area contributed by atoms with Crippen molar-refractivity contribution in [1.29, 1.82) is 0 Å². The second-order valence-corrected chi connectivity index (χ2v) is 4.02. The summed E-state index contributed by atoms with van der Waals surface area (Å²) >= 11 is 0. The van der Waals surface area contributed by atoms with Gasteiger partial charge in [-0.05, 0) is 31.2 Å². The molecule has 0 unspecified atom stereocenters. The molecule has 2 aromatic rings. The van der Waals surface area contributed by atoms with Gasteiger partial charge in [0.05, 0.1) is 17.4 Å². The summed E-state index contributed by atoms with van der Waals surface area (Å²) in [5.74, 6) is -0.953. The van der Waals surface area contributed by atoms with Crippen LogP contribution < -0.4 is 11.1 Å². The fourth-order valence-corrected chi connectivity index (χ4v) is 1.67. The Balaban J connectivity index is 2.27. The zero-order chi connectivity index (χ0) is 14.7. The molecule has 0 atom stereocenters. The number of nitrogens with two attached hydrogens (primary N) is 1. The quantitative estimate of drug-likeness (QED) is 0.346. The normalized spacial score (nSPS) is 11.4. The molecule has 6 nitrogen and oxygen atoms in total. The highest BCUT2D eigenvalue weighted by molar-refractivity contribution is 6.06. The number of carbonyl (C=O) groups excluding carboxylic acids is 1. The van der Waals surface area contributed by atoms with Gasteiger partial charge in [-0.15, -0.1) is 0 Å². The molecule has 0 saturated carbocycles. The number of anilines is 1. The van der Waals surface area contributed by atoms with Gasteiger partial charge >= 0.3 is 0 Å². The van der Waals surface area contributed by atoms with E-state index >= 15 is 0 Å². The van der Waals surface area contributed by atoms with E-state index in [0.717, 1.165) is 6.07 Å². The maximum atomic E-state index is 13.5. The van der Waals surface area contributed by atoms with Gasteiger partial charge < -0.3 is 20.7 Å². The van der Waals surface area contributed by atoms with E-state index in [2.05, 4.69) is 10.5 Å². The molecule has 0 saturated heterocycles. The lowest BCUT2D eigenvalue weighted by Gasteiger charge is -2.07. The Morgan fingerprint density at radius 1 is 1.40 bits per heavy atom. The largest absolute Gasteiger partial charge is 0.469 e. The number of carbonyl (C=O) groups is 1. The van der Waals surface area contributed by atoms with Crippen LogP contribution in [0.4, 0.5) is 10.1 Å². The minimum Gasteiger partial charge on any atom is -0.469 e. The van der Waals surface area contributed by atoms with Gasteiger partial charge in [0.15, 0.2) is 5.84 Å². The van der Waals surface area contributed by atoms with E-state index in [9.17, 15) is 9.18 Å². The summed E-state index contributed by atoms with van der Waals surface area (Å²) in [6, 6.07) is 5.29. The van der Waals surface area contributed by atoms with E-state index in [1.165, 1.54) is 24.5 Å². The van der Waals surface area contributed by atoms with E-state index in [-0.39, 0.29) is 11.4 Å². The molecule has 0 bridgehead atoms. The smallest absolute Gasteiger partial charge is 0.259 e. The molecule has 104 valence electrons. The second-order valence-electron chi connectivity index (χ2n) is 4.02. The molecule has 0 aliphatic carbocycles. The zero-order valence-corrected chi connectivity index (χ0v) is 10.6. The minimum atomic E-state index is -0.655. The number of aryl methyl sites for hydroxylation is 1. The lowest BCUT2D eigenvalue weighted by molar-refractivity contribution is 0.102. The van der Waals surface area contributed by atoms with Crippen LogP contribution >= 0.6 is 0 Å². The number of furan rings is 1. The summed E-state index contributed by atoms with van der Waals surface area (Å²) in [7, 11) is 0. The van der Waals surface area contributed by atoms with Gasteiger partial charge in [-0.25, -0.2) is 4.39 Å². The van der Waals surface area contributed by atoms with E-state index in [1.807, 2.05) is 0 Å². The summed E-state index contributed by atoms with van der Waals surface area (Å²) in [4.78, 5) is 12.0. The van der Waals surface area contributed by atoms with Crippen molar-refractivity contribution < 1.29 is 18.8 Å². The SMILES string of the molecule is Cc1occc1C(=O)Nc1ccc(F)c(C(N)=NO)c1. The summed E-state index contributed by atoms with van der Waals surface area (Å²) in [6.07, 6.45) is 1.40. The van der Waals surface area contributed by atoms with Crippen LogP contribution in [0.15, 0.2) is 40.1 Å². The van der Waals surface area contributed by atoms with E-state index in [4.69, 9.17) is 15.4 Å². The number of nitrogens with zero attached hydrogens (tertiary/aromatic N) is 1. The Labute approximate surface area is 113 Å². The number of amides is 1. The lowest BCUT2D eigenvalue weighted by atomic mass is 10.1. The van der Waals surface area contributed by atoms with Crippen LogP contribution in [0.5, 0.6) is 0 Å². The van der Waals surface area contributed by atoms with E-state index in [1.54, 1.807) is 6.92 Å². The Kier molecular flexibility index (Phi) is 3.69. The van der Waals surface area contributed by atoms with Crippen LogP contribution in [0, 0.1) is 12.7 Å². The maximum absolute atomic E-state index is 13.5. The average molecular weight is 277 g/mol. The van der Waals surface area contributed by atoms with Gasteiger partial charge in [-0.2, -0.15) is 0 Å². The van der Waals surface area contributed by atoms with Crippen molar-refractivity contribution in [3.05, 3.63) is 53.2 Å². The topological polar surface area (TPSA) is 101 Å². The molecule has 4 N–H and O–H groups in total. The van der Waals surface area contributed by atoms with Gasteiger partial charge in [-0.3, -0.25) is 4.79 Å². The highest BCUT2D eigenvalue weighted by atomic mass is 19.1. The molecule has 0 spiro atoms. The molecule has 1 aromatic carbocycles. The number of hydrogen-bond donors (Lipinski definition) is 3. The van der Waals surface area contributed by atoms with Crippen LogP contribution in [0.2, 0.25) is 0 Å². The van der Waals surface area contributed by atoms with Crippen LogP contribution in [0.25, 0.3) is 0 Å². The number of oxime groups is 1. The molecule has 1 heterocycles. The first-order valence-electron chi connectivity index (χ1n) is 5.66. The molecule has 0 fully saturated rings. The molecule has 1 amide bonds. The Bertz CT molecular complexity index is 679. The first-order valence-corrected chi connectivity index (χ1v) is 5.66. The molecule has 20 heavy (non-hydrogen) atoms. The third-order valence-corrected chi connectivity index (χ3v) is 2.71. The van der Waals surface area contributed by atoms with Crippen LogP contribution in [-0.2, 0) is 0 Å². The molecular weight excluding hydrogens is 265 g/mol. The van der Waals surface area contributed by atoms with Crippen LogP contribution in [-0.4, -0.2) is 17.0 Å². The predicted molar refractivity (Wildman–Crippen MR) is 70.3 cm³/mol. The standard InChI is InChI=1S/C13H12FN3O3/c1-7-9(4-5-20-7)13(18)16-8-2-3-11(14)10(6-8)12(15)17-19/h2-6,19H,1H3,(H2,15,17)(H,16,18). The number of benzene rings is 1. The molecule has 0 aliphatic rings. The van der Waals surface area contributed by atoms with Crippen molar-refractivity contribution in [2.75, 3.05) is 5.32 Å². The van der Waals surface area contributed by atoms with Crippen molar-refractivity contribution in [2.45, 2.75) is 6.92 Å². The number of rotatable bonds is 3. The molecule has 0 radical (unpaired) electrons. The Morgan fingerprint density at radius 3 is 2.75 bits per heavy atom. The van der Waals surface area contributed by atoms with Crippen molar-refractivity contribution in [2.24, 2.45) is 10.9 Å². The van der Waals surface area contributed by atoms with Crippen molar-refractivity contribution in [3.63, 3.8) is 0 Å². The first-order chi connectivity index (χ1) is 9.52. The van der Waals surface area contributed by atoms with E-state index < -0.39 is 11.7 Å². The van der Waals surface area contributed by atoms with Gasteiger partial charge in [-0.1, -0.05) is 5.16 Å². The average Bonchev–Trinajstić information content (AvgIpc) is 2.86. The first kappa shape index (κ1) is 13.6. The summed E-state index contributed by atoms with van der Waals surface area (Å²) < 4.78 is 18.5. The Hall–Kier alpha value is -2.83. The summed E-state index contributed by atoms with van der Waals surface area (Å²) in [5.41, 5.74) is 5.94. The van der Waals surface area contributed by atoms with Gasteiger partial charge in [0.2, 0.25) is 0 Å². The molecule has 2 rings (SSSR count). The van der Waals surface area contributed by atoms with Crippen molar-refractivity contribution in [1.82, 2.24) is 0 Å². The number of nitrogens with one attached hydrogen (secondary N) is 1. The van der Waals surface area contributed by atoms with Crippen LogP contribution in [0.1, 0.15) is 21.7 Å². The highest BCUT2D eigenvalue weighted by Crippen LogP contribution is 2.17. The highest BCUT2D eigenvalue weighted by Gasteiger charge is 2.13. The monoisotopic (exact) mass is 277 g/mol. The summed E-state index contributed by atoms with van der Waals surface area (Å²) in [5, 5.41) is 13.9. The van der Waals surface area contributed by atoms with Gasteiger partial charge in [0, 0.05) is 5.69 Å². The van der Waals surface area contributed by atoms with E-state index in [0.29, 0.717) is 17.0 Å². The fourth-order valence-electron chi connectivity index (χ4n) is 1.67. The third kappa shape index (κ3) is 2.61. The number of hydrogen-bond acceptors (Lipinski definition) is 4. The van der Waals surface area contributed by atoms with Gasteiger partial charge in [0.25, 0.3) is 5.91 Å². The number of amidine groups is 1. The van der Waals surface area contributed by atoms with Gasteiger partial charge in [0.1, 0.15) is 11.6 Å². The molecule has 7 heteroatoms. The lowest BCUT2D eigenvalue weighted by Crippen LogP contribution is -2.17. The van der Waals surface area contributed by atoms with Crippen molar-refractivity contribution >= 4 is 17.4 Å². The molecular formula is C13H12FN3O3. The molecule has 1 aromatic heterocycles. The molecule has 0 aliphatic heterocycles. The predicted octanol–water partition coefficient (Wildman–Crippen LogP) is 2.07. The maximum Gasteiger partial charge on any atom is 0.259 e. The Morgan fingerprint density at radius 2 is 2.15 bits per heavy atom. The summed E-state index contributed by atoms with van der Waals surface area (Å²) in [6.45, 7) is 1.65. The second kappa shape index (κ2) is 5.43.